The Hall–Kier alpha value is -3.47. The SMILES string of the molecule is CC1CC(C)(c2ccc3c(c2)C(c2ccccn2)=NCc2c(-c4ccco4)ncn2-3)C1. The van der Waals surface area contributed by atoms with Crippen molar-refractivity contribution in [1.82, 2.24) is 14.5 Å². The Morgan fingerprint density at radius 2 is 1.97 bits per heavy atom. The number of aromatic nitrogens is 3. The zero-order valence-electron chi connectivity index (χ0n) is 17.7. The molecule has 4 heterocycles. The average Bonchev–Trinajstić information content (AvgIpc) is 3.40. The molecule has 154 valence electrons. The minimum Gasteiger partial charge on any atom is -0.463 e. The predicted molar refractivity (Wildman–Crippen MR) is 121 cm³/mol. The van der Waals surface area contributed by atoms with Crippen LogP contribution in [0.3, 0.4) is 0 Å². The van der Waals surface area contributed by atoms with Gasteiger partial charge in [0.1, 0.15) is 12.0 Å². The second-order valence-electron chi connectivity index (χ2n) is 9.07. The number of aliphatic imine (C=N–C) groups is 1. The van der Waals surface area contributed by atoms with Crippen molar-refractivity contribution >= 4 is 5.71 Å². The standard InChI is InChI=1S/C26H24N4O/c1-17-13-26(2,14-17)18-8-9-21-19(12-18)24(20-6-3-4-10-27-20)28-15-22-25(29-16-30(21)22)23-7-5-11-31-23/h3-12,16-17H,13-15H2,1-2H3. The lowest BCUT2D eigenvalue weighted by atomic mass is 9.60. The molecule has 1 fully saturated rings. The molecule has 0 saturated heterocycles. The topological polar surface area (TPSA) is 56.2 Å². The van der Waals surface area contributed by atoms with Crippen LogP contribution in [0.25, 0.3) is 17.1 Å². The molecule has 6 rings (SSSR count). The van der Waals surface area contributed by atoms with Crippen LogP contribution in [0.1, 0.15) is 49.2 Å². The van der Waals surface area contributed by atoms with Gasteiger partial charge >= 0.3 is 0 Å². The van der Waals surface area contributed by atoms with E-state index in [-0.39, 0.29) is 5.41 Å². The maximum Gasteiger partial charge on any atom is 0.154 e. The molecule has 1 saturated carbocycles. The van der Waals surface area contributed by atoms with Gasteiger partial charge in [-0.05, 0) is 66.1 Å². The van der Waals surface area contributed by atoms with Gasteiger partial charge in [0.2, 0.25) is 0 Å². The highest BCUT2D eigenvalue weighted by atomic mass is 16.3. The van der Waals surface area contributed by atoms with Crippen molar-refractivity contribution in [3.63, 3.8) is 0 Å². The molecule has 0 radical (unpaired) electrons. The predicted octanol–water partition coefficient (Wildman–Crippen LogP) is 5.57. The average molecular weight is 409 g/mol. The highest BCUT2D eigenvalue weighted by Gasteiger charge is 2.39. The minimum absolute atomic E-state index is 0.229. The van der Waals surface area contributed by atoms with Crippen LogP contribution in [0.5, 0.6) is 0 Å². The molecule has 0 atom stereocenters. The van der Waals surface area contributed by atoms with E-state index in [1.54, 1.807) is 6.26 Å². The van der Waals surface area contributed by atoms with Gasteiger partial charge in [0.05, 0.1) is 35.6 Å². The number of pyridine rings is 1. The summed E-state index contributed by atoms with van der Waals surface area (Å²) in [5, 5.41) is 0. The summed E-state index contributed by atoms with van der Waals surface area (Å²) in [5.41, 5.74) is 7.49. The van der Waals surface area contributed by atoms with Gasteiger partial charge in [-0.25, -0.2) is 4.98 Å². The van der Waals surface area contributed by atoms with Crippen LogP contribution in [0.4, 0.5) is 0 Å². The van der Waals surface area contributed by atoms with Crippen LogP contribution in [0.2, 0.25) is 0 Å². The van der Waals surface area contributed by atoms with E-state index in [1.807, 2.05) is 42.9 Å². The van der Waals surface area contributed by atoms with E-state index < -0.39 is 0 Å². The zero-order valence-corrected chi connectivity index (χ0v) is 17.7. The zero-order chi connectivity index (χ0) is 21.0. The first-order valence-electron chi connectivity index (χ1n) is 10.8. The van der Waals surface area contributed by atoms with Crippen molar-refractivity contribution in [3.05, 3.63) is 89.8 Å². The Morgan fingerprint density at radius 3 is 2.71 bits per heavy atom. The lowest BCUT2D eigenvalue weighted by Gasteiger charge is -2.44. The normalized spacial score (nSPS) is 22.1. The van der Waals surface area contributed by atoms with Gasteiger partial charge in [-0.3, -0.25) is 14.5 Å². The van der Waals surface area contributed by atoms with Crippen molar-refractivity contribution < 1.29 is 4.42 Å². The third-order valence-corrected chi connectivity index (χ3v) is 6.72. The van der Waals surface area contributed by atoms with Gasteiger partial charge in [0, 0.05) is 11.8 Å². The van der Waals surface area contributed by atoms with Crippen LogP contribution in [-0.2, 0) is 12.0 Å². The molecule has 0 bridgehead atoms. The van der Waals surface area contributed by atoms with Crippen LogP contribution in [0, 0.1) is 5.92 Å². The van der Waals surface area contributed by atoms with Crippen LogP contribution >= 0.6 is 0 Å². The summed E-state index contributed by atoms with van der Waals surface area (Å²) in [7, 11) is 0. The molecule has 4 aromatic rings. The first kappa shape index (κ1) is 18.3. The number of hydrogen-bond acceptors (Lipinski definition) is 4. The number of benzene rings is 1. The molecule has 1 aliphatic heterocycles. The second-order valence-corrected chi connectivity index (χ2v) is 9.07. The van der Waals surface area contributed by atoms with Crippen molar-refractivity contribution in [2.45, 2.75) is 38.6 Å². The van der Waals surface area contributed by atoms with E-state index in [0.717, 1.165) is 45.7 Å². The molecule has 1 aromatic carbocycles. The van der Waals surface area contributed by atoms with E-state index in [1.165, 1.54) is 18.4 Å². The summed E-state index contributed by atoms with van der Waals surface area (Å²) < 4.78 is 7.80. The summed E-state index contributed by atoms with van der Waals surface area (Å²) in [5.74, 6) is 1.54. The fourth-order valence-corrected chi connectivity index (χ4v) is 5.34. The molecule has 0 unspecified atom stereocenters. The van der Waals surface area contributed by atoms with Crippen LogP contribution in [0.15, 0.2) is 76.7 Å². The summed E-state index contributed by atoms with van der Waals surface area (Å²) >= 11 is 0. The van der Waals surface area contributed by atoms with Crippen LogP contribution < -0.4 is 0 Å². The molecular formula is C26H24N4O. The molecule has 0 N–H and O–H groups in total. The Kier molecular flexibility index (Phi) is 4.00. The van der Waals surface area contributed by atoms with E-state index in [0.29, 0.717) is 6.54 Å². The number of nitrogens with zero attached hydrogens (tertiary/aromatic N) is 4. The molecule has 5 nitrogen and oxygen atoms in total. The second kappa shape index (κ2) is 6.77. The first-order valence-corrected chi connectivity index (χ1v) is 10.8. The molecule has 0 amide bonds. The van der Waals surface area contributed by atoms with Gasteiger partial charge in [-0.2, -0.15) is 0 Å². The van der Waals surface area contributed by atoms with Crippen LogP contribution in [-0.4, -0.2) is 20.2 Å². The summed E-state index contributed by atoms with van der Waals surface area (Å²) in [6.07, 6.45) is 7.84. The monoisotopic (exact) mass is 408 g/mol. The minimum atomic E-state index is 0.229. The summed E-state index contributed by atoms with van der Waals surface area (Å²) in [6.45, 7) is 5.22. The molecule has 5 heteroatoms. The van der Waals surface area contributed by atoms with Gasteiger partial charge in [0.25, 0.3) is 0 Å². The van der Waals surface area contributed by atoms with E-state index in [4.69, 9.17) is 9.41 Å². The lowest BCUT2D eigenvalue weighted by Crippen LogP contribution is -2.37. The summed E-state index contributed by atoms with van der Waals surface area (Å²) in [4.78, 5) is 14.4. The van der Waals surface area contributed by atoms with E-state index in [2.05, 4.69) is 46.6 Å². The van der Waals surface area contributed by atoms with E-state index >= 15 is 0 Å². The highest BCUT2D eigenvalue weighted by molar-refractivity contribution is 6.14. The van der Waals surface area contributed by atoms with Gasteiger partial charge in [-0.15, -0.1) is 0 Å². The third kappa shape index (κ3) is 2.87. The molecule has 0 spiro atoms. The quantitative estimate of drug-likeness (QED) is 0.445. The Balaban J connectivity index is 1.56. The number of fused-ring (bicyclic) bond motifs is 3. The number of rotatable bonds is 3. The Labute approximate surface area is 181 Å². The van der Waals surface area contributed by atoms with Crippen molar-refractivity contribution in [1.29, 1.82) is 0 Å². The Morgan fingerprint density at radius 1 is 1.06 bits per heavy atom. The van der Waals surface area contributed by atoms with Gasteiger partial charge in [-0.1, -0.05) is 26.0 Å². The highest BCUT2D eigenvalue weighted by Crippen LogP contribution is 2.48. The Bertz CT molecular complexity index is 1280. The molecule has 3 aromatic heterocycles. The fraction of sp³-hybridized carbons (Fsp3) is 0.269. The molecule has 31 heavy (non-hydrogen) atoms. The molecule has 1 aliphatic carbocycles. The molecular weight excluding hydrogens is 384 g/mol. The fourth-order valence-electron chi connectivity index (χ4n) is 5.34. The first-order chi connectivity index (χ1) is 15.1. The summed E-state index contributed by atoms with van der Waals surface area (Å²) in [6, 6.07) is 16.7. The molecule has 2 aliphatic rings. The maximum absolute atomic E-state index is 5.64. The smallest absolute Gasteiger partial charge is 0.154 e. The van der Waals surface area contributed by atoms with E-state index in [9.17, 15) is 0 Å². The van der Waals surface area contributed by atoms with Gasteiger partial charge in [0.15, 0.2) is 5.76 Å². The van der Waals surface area contributed by atoms with Crippen molar-refractivity contribution in [2.75, 3.05) is 0 Å². The number of furan rings is 1. The number of imidazole rings is 1. The third-order valence-electron chi connectivity index (χ3n) is 6.72. The largest absolute Gasteiger partial charge is 0.463 e. The number of hydrogen-bond donors (Lipinski definition) is 0. The maximum atomic E-state index is 5.64. The van der Waals surface area contributed by atoms with Crippen molar-refractivity contribution in [2.24, 2.45) is 10.9 Å². The van der Waals surface area contributed by atoms with Crippen molar-refractivity contribution in [3.8, 4) is 17.1 Å². The lowest BCUT2D eigenvalue weighted by molar-refractivity contribution is 0.178. The van der Waals surface area contributed by atoms with Gasteiger partial charge < -0.3 is 4.42 Å².